The zero-order chi connectivity index (χ0) is 16.9. The molecule has 1 aliphatic heterocycles. The number of carbonyl (C=O) groups excluding carboxylic acids is 1. The van der Waals surface area contributed by atoms with Crippen LogP contribution >= 0.6 is 0 Å². The monoisotopic (exact) mass is 328 g/mol. The molecule has 1 aliphatic rings. The van der Waals surface area contributed by atoms with Crippen molar-refractivity contribution >= 4 is 17.4 Å². The number of nitrogens with one attached hydrogen (secondary N) is 1. The molecule has 0 radical (unpaired) electrons. The SMILES string of the molecule is C[C@@H](C(=O)Nc1ccc(F)cc1)N1CCN(c2ccccn2)CC1. The van der Waals surface area contributed by atoms with E-state index in [1.165, 1.54) is 12.1 Å². The van der Waals surface area contributed by atoms with Gasteiger partial charge in [-0.3, -0.25) is 9.69 Å². The number of hydrogen-bond donors (Lipinski definition) is 1. The van der Waals surface area contributed by atoms with Gasteiger partial charge >= 0.3 is 0 Å². The molecule has 1 aromatic carbocycles. The van der Waals surface area contributed by atoms with Crippen molar-refractivity contribution < 1.29 is 9.18 Å². The highest BCUT2D eigenvalue weighted by Gasteiger charge is 2.26. The number of nitrogens with zero attached hydrogens (tertiary/aromatic N) is 3. The number of pyridine rings is 1. The number of amides is 1. The molecule has 0 aliphatic carbocycles. The third-order valence-corrected chi connectivity index (χ3v) is 4.33. The topological polar surface area (TPSA) is 48.5 Å². The van der Waals surface area contributed by atoms with Crippen molar-refractivity contribution in [3.8, 4) is 0 Å². The second kappa shape index (κ2) is 7.40. The molecule has 1 amide bonds. The molecule has 0 saturated carbocycles. The van der Waals surface area contributed by atoms with Gasteiger partial charge in [-0.1, -0.05) is 6.07 Å². The third kappa shape index (κ3) is 3.89. The number of hydrogen-bond acceptors (Lipinski definition) is 4. The molecule has 1 saturated heterocycles. The molecule has 6 heteroatoms. The Kier molecular flexibility index (Phi) is 5.05. The standard InChI is InChI=1S/C18H21FN4O/c1-14(18(24)21-16-7-5-15(19)6-8-16)22-10-12-23(13-11-22)17-4-2-3-9-20-17/h2-9,14H,10-13H2,1H3,(H,21,24)/t14-/m0/s1. The molecule has 0 unspecified atom stereocenters. The molecule has 5 nitrogen and oxygen atoms in total. The van der Waals surface area contributed by atoms with E-state index in [9.17, 15) is 9.18 Å². The van der Waals surface area contributed by atoms with Crippen molar-refractivity contribution in [1.29, 1.82) is 0 Å². The van der Waals surface area contributed by atoms with Crippen LogP contribution in [0.25, 0.3) is 0 Å². The fourth-order valence-electron chi connectivity index (χ4n) is 2.82. The van der Waals surface area contributed by atoms with Crippen LogP contribution in [0.3, 0.4) is 0 Å². The highest BCUT2D eigenvalue weighted by molar-refractivity contribution is 5.94. The van der Waals surface area contributed by atoms with Crippen molar-refractivity contribution in [2.24, 2.45) is 0 Å². The fourth-order valence-corrected chi connectivity index (χ4v) is 2.82. The molecule has 3 rings (SSSR count). The summed E-state index contributed by atoms with van der Waals surface area (Å²) < 4.78 is 12.9. The van der Waals surface area contributed by atoms with Gasteiger partial charge in [0, 0.05) is 38.1 Å². The smallest absolute Gasteiger partial charge is 0.241 e. The van der Waals surface area contributed by atoms with Crippen LogP contribution in [0.4, 0.5) is 15.9 Å². The number of halogens is 1. The number of anilines is 2. The highest BCUT2D eigenvalue weighted by atomic mass is 19.1. The summed E-state index contributed by atoms with van der Waals surface area (Å²) in [5.41, 5.74) is 0.611. The van der Waals surface area contributed by atoms with E-state index in [-0.39, 0.29) is 17.8 Å². The van der Waals surface area contributed by atoms with Crippen LogP contribution in [-0.2, 0) is 4.79 Å². The maximum absolute atomic E-state index is 12.9. The fraction of sp³-hybridized carbons (Fsp3) is 0.333. The summed E-state index contributed by atoms with van der Waals surface area (Å²) in [7, 11) is 0. The molecule has 1 N–H and O–H groups in total. The van der Waals surface area contributed by atoms with E-state index >= 15 is 0 Å². The minimum atomic E-state index is -0.313. The van der Waals surface area contributed by atoms with Crippen LogP contribution in [0.15, 0.2) is 48.7 Å². The number of rotatable bonds is 4. The first-order chi connectivity index (χ1) is 11.6. The largest absolute Gasteiger partial charge is 0.354 e. The van der Waals surface area contributed by atoms with Gasteiger partial charge < -0.3 is 10.2 Å². The Hall–Kier alpha value is -2.47. The molecule has 1 atom stereocenters. The van der Waals surface area contributed by atoms with E-state index < -0.39 is 0 Å². The Bertz CT molecular complexity index is 669. The zero-order valence-electron chi connectivity index (χ0n) is 13.7. The summed E-state index contributed by atoms with van der Waals surface area (Å²) in [4.78, 5) is 21.1. The Labute approximate surface area is 141 Å². The molecular formula is C18H21FN4O. The van der Waals surface area contributed by atoms with E-state index in [1.54, 1.807) is 18.3 Å². The number of benzene rings is 1. The summed E-state index contributed by atoms with van der Waals surface area (Å²) in [5.74, 6) is 0.583. The zero-order valence-corrected chi connectivity index (χ0v) is 13.7. The van der Waals surface area contributed by atoms with Crippen LogP contribution in [-0.4, -0.2) is 48.0 Å². The van der Waals surface area contributed by atoms with E-state index in [0.717, 1.165) is 32.0 Å². The van der Waals surface area contributed by atoms with Gasteiger partial charge in [-0.2, -0.15) is 0 Å². The van der Waals surface area contributed by atoms with Gasteiger partial charge in [0.2, 0.25) is 5.91 Å². The van der Waals surface area contributed by atoms with E-state index in [1.807, 2.05) is 25.1 Å². The van der Waals surface area contributed by atoms with E-state index in [0.29, 0.717) is 5.69 Å². The van der Waals surface area contributed by atoms with Crippen LogP contribution in [0.2, 0.25) is 0 Å². The summed E-state index contributed by atoms with van der Waals surface area (Å²) in [6.07, 6.45) is 1.79. The van der Waals surface area contributed by atoms with Crippen LogP contribution in [0, 0.1) is 5.82 Å². The maximum atomic E-state index is 12.9. The lowest BCUT2D eigenvalue weighted by Crippen LogP contribution is -2.53. The molecule has 2 heterocycles. The van der Waals surface area contributed by atoms with Gasteiger partial charge in [-0.05, 0) is 43.3 Å². The van der Waals surface area contributed by atoms with Crippen LogP contribution < -0.4 is 10.2 Å². The average molecular weight is 328 g/mol. The Morgan fingerprint density at radius 3 is 2.46 bits per heavy atom. The van der Waals surface area contributed by atoms with Crippen molar-refractivity contribution in [2.75, 3.05) is 36.4 Å². The summed E-state index contributed by atoms with van der Waals surface area (Å²) >= 11 is 0. The Morgan fingerprint density at radius 2 is 1.83 bits per heavy atom. The average Bonchev–Trinajstić information content (AvgIpc) is 2.64. The van der Waals surface area contributed by atoms with Crippen molar-refractivity contribution in [3.05, 3.63) is 54.5 Å². The van der Waals surface area contributed by atoms with Crippen molar-refractivity contribution in [2.45, 2.75) is 13.0 Å². The number of aromatic nitrogens is 1. The maximum Gasteiger partial charge on any atom is 0.241 e. The molecule has 1 aromatic heterocycles. The van der Waals surface area contributed by atoms with Crippen molar-refractivity contribution in [1.82, 2.24) is 9.88 Å². The predicted octanol–water partition coefficient (Wildman–Crippen LogP) is 2.37. The molecule has 0 spiro atoms. The normalized spacial score (nSPS) is 16.7. The van der Waals surface area contributed by atoms with Gasteiger partial charge in [-0.25, -0.2) is 9.37 Å². The second-order valence-electron chi connectivity index (χ2n) is 5.88. The van der Waals surface area contributed by atoms with Gasteiger partial charge in [0.1, 0.15) is 11.6 Å². The first-order valence-corrected chi connectivity index (χ1v) is 8.10. The summed E-state index contributed by atoms with van der Waals surface area (Å²) in [5, 5.41) is 2.84. The minimum absolute atomic E-state index is 0.0760. The molecule has 126 valence electrons. The quantitative estimate of drug-likeness (QED) is 0.936. The van der Waals surface area contributed by atoms with Gasteiger partial charge in [0.25, 0.3) is 0 Å². The van der Waals surface area contributed by atoms with Gasteiger partial charge in [0.05, 0.1) is 6.04 Å². The Balaban J connectivity index is 1.53. The number of piperazine rings is 1. The lowest BCUT2D eigenvalue weighted by Gasteiger charge is -2.37. The first kappa shape index (κ1) is 16.4. The molecule has 2 aromatic rings. The molecule has 0 bridgehead atoms. The number of carbonyl (C=O) groups is 1. The van der Waals surface area contributed by atoms with E-state index in [2.05, 4.69) is 20.1 Å². The molecule has 1 fully saturated rings. The third-order valence-electron chi connectivity index (χ3n) is 4.33. The van der Waals surface area contributed by atoms with Crippen molar-refractivity contribution in [3.63, 3.8) is 0 Å². The summed E-state index contributed by atoms with van der Waals surface area (Å²) in [6, 6.07) is 11.5. The lowest BCUT2D eigenvalue weighted by atomic mass is 10.2. The Morgan fingerprint density at radius 1 is 1.12 bits per heavy atom. The predicted molar refractivity (Wildman–Crippen MR) is 92.5 cm³/mol. The first-order valence-electron chi connectivity index (χ1n) is 8.10. The molecular weight excluding hydrogens is 307 g/mol. The molecule has 24 heavy (non-hydrogen) atoms. The lowest BCUT2D eigenvalue weighted by molar-refractivity contribution is -0.120. The van der Waals surface area contributed by atoms with Crippen LogP contribution in [0.5, 0.6) is 0 Å². The highest BCUT2D eigenvalue weighted by Crippen LogP contribution is 2.15. The van der Waals surface area contributed by atoms with E-state index in [4.69, 9.17) is 0 Å². The minimum Gasteiger partial charge on any atom is -0.354 e. The van der Waals surface area contributed by atoms with Gasteiger partial charge in [-0.15, -0.1) is 0 Å². The summed E-state index contributed by atoms with van der Waals surface area (Å²) in [6.45, 7) is 5.18. The van der Waals surface area contributed by atoms with Crippen LogP contribution in [0.1, 0.15) is 6.92 Å². The van der Waals surface area contributed by atoms with Gasteiger partial charge in [0.15, 0.2) is 0 Å². The second-order valence-corrected chi connectivity index (χ2v) is 5.88.